The van der Waals surface area contributed by atoms with Crippen LogP contribution in [0.3, 0.4) is 0 Å². The molecule has 0 saturated heterocycles. The molecule has 0 amide bonds. The normalized spacial score (nSPS) is 11.1. The minimum atomic E-state index is 0.533. The van der Waals surface area contributed by atoms with E-state index < -0.39 is 0 Å². The Bertz CT molecular complexity index is 648. The molecular weight excluding hydrogens is 200 g/mol. The number of aromatic nitrogens is 3. The van der Waals surface area contributed by atoms with Gasteiger partial charge in [0.25, 0.3) is 0 Å². The van der Waals surface area contributed by atoms with Crippen molar-refractivity contribution in [3.8, 4) is 5.69 Å². The third kappa shape index (κ3) is 1.35. The highest BCUT2D eigenvalue weighted by molar-refractivity contribution is 5.82. The zero-order valence-electron chi connectivity index (χ0n) is 8.94. The number of anilines is 1. The Hall–Kier alpha value is -2.23. The van der Waals surface area contributed by atoms with Crippen LogP contribution in [0.25, 0.3) is 16.6 Å². The maximum atomic E-state index is 5.59. The molecule has 0 atom stereocenters. The van der Waals surface area contributed by atoms with Crippen molar-refractivity contribution in [1.82, 2.24) is 14.8 Å². The molecule has 2 heterocycles. The first kappa shape index (κ1) is 9.03. The lowest BCUT2D eigenvalue weighted by Gasteiger charge is -2.00. The van der Waals surface area contributed by atoms with E-state index >= 15 is 0 Å². The van der Waals surface area contributed by atoms with Crippen LogP contribution in [0, 0.1) is 6.92 Å². The van der Waals surface area contributed by atoms with E-state index in [1.807, 2.05) is 19.2 Å². The Balaban J connectivity index is 2.17. The number of benzene rings is 1. The van der Waals surface area contributed by atoms with Gasteiger partial charge in [-0.3, -0.25) is 0 Å². The summed E-state index contributed by atoms with van der Waals surface area (Å²) in [7, 11) is 0. The highest BCUT2D eigenvalue weighted by atomic mass is 15.3. The van der Waals surface area contributed by atoms with Crippen molar-refractivity contribution in [3.05, 3.63) is 42.2 Å². The van der Waals surface area contributed by atoms with Crippen molar-refractivity contribution in [2.45, 2.75) is 6.92 Å². The van der Waals surface area contributed by atoms with Gasteiger partial charge in [-0.1, -0.05) is 0 Å². The van der Waals surface area contributed by atoms with E-state index in [9.17, 15) is 0 Å². The number of hydrogen-bond donors (Lipinski definition) is 2. The molecule has 0 bridgehead atoms. The number of nitrogen functional groups attached to an aromatic ring is 1. The van der Waals surface area contributed by atoms with Gasteiger partial charge >= 0.3 is 0 Å². The topological polar surface area (TPSA) is 59.6 Å². The SMILES string of the molecule is Cc1cc2cc(-n3ccc(N)n3)ccc2[nH]1. The molecular formula is C12H12N4. The van der Waals surface area contributed by atoms with Crippen LogP contribution in [0.1, 0.15) is 5.69 Å². The quantitative estimate of drug-likeness (QED) is 0.650. The summed E-state index contributed by atoms with van der Waals surface area (Å²) in [5, 5.41) is 5.36. The minimum absolute atomic E-state index is 0.533. The molecule has 1 aromatic carbocycles. The third-order valence-corrected chi connectivity index (χ3v) is 2.61. The molecule has 80 valence electrons. The zero-order chi connectivity index (χ0) is 11.1. The molecule has 4 heteroatoms. The number of rotatable bonds is 1. The van der Waals surface area contributed by atoms with Crippen LogP contribution < -0.4 is 5.73 Å². The molecule has 0 spiro atoms. The van der Waals surface area contributed by atoms with Gasteiger partial charge in [0, 0.05) is 28.9 Å². The van der Waals surface area contributed by atoms with Crippen molar-refractivity contribution in [2.75, 3.05) is 5.73 Å². The lowest BCUT2D eigenvalue weighted by molar-refractivity contribution is 0.887. The fraction of sp³-hybridized carbons (Fsp3) is 0.0833. The van der Waals surface area contributed by atoms with Gasteiger partial charge in [0.05, 0.1) is 5.69 Å². The fourth-order valence-electron chi connectivity index (χ4n) is 1.89. The van der Waals surface area contributed by atoms with Crippen molar-refractivity contribution in [3.63, 3.8) is 0 Å². The van der Waals surface area contributed by atoms with Crippen LogP contribution in [0.4, 0.5) is 5.82 Å². The first-order chi connectivity index (χ1) is 7.72. The Morgan fingerprint density at radius 2 is 2.12 bits per heavy atom. The zero-order valence-corrected chi connectivity index (χ0v) is 8.94. The molecule has 0 aliphatic heterocycles. The standard InChI is InChI=1S/C12H12N4/c1-8-6-9-7-10(2-3-11(9)14-8)16-5-4-12(13)15-16/h2-7,14H,1H3,(H2,13,15). The summed E-state index contributed by atoms with van der Waals surface area (Å²) >= 11 is 0. The monoisotopic (exact) mass is 212 g/mol. The summed E-state index contributed by atoms with van der Waals surface area (Å²) in [6.07, 6.45) is 1.86. The number of aryl methyl sites for hydroxylation is 1. The number of nitrogens with zero attached hydrogens (tertiary/aromatic N) is 2. The van der Waals surface area contributed by atoms with Crippen molar-refractivity contribution in [2.24, 2.45) is 0 Å². The molecule has 0 aliphatic carbocycles. The van der Waals surface area contributed by atoms with Gasteiger partial charge in [0.2, 0.25) is 0 Å². The smallest absolute Gasteiger partial charge is 0.145 e. The Morgan fingerprint density at radius 3 is 2.88 bits per heavy atom. The number of hydrogen-bond acceptors (Lipinski definition) is 2. The lowest BCUT2D eigenvalue weighted by atomic mass is 10.2. The van der Waals surface area contributed by atoms with Gasteiger partial charge in [0.15, 0.2) is 0 Å². The molecule has 0 fully saturated rings. The Labute approximate surface area is 92.7 Å². The average Bonchev–Trinajstić information content (AvgIpc) is 2.81. The number of nitrogens with two attached hydrogens (primary N) is 1. The minimum Gasteiger partial charge on any atom is -0.382 e. The van der Waals surface area contributed by atoms with Crippen molar-refractivity contribution >= 4 is 16.7 Å². The van der Waals surface area contributed by atoms with Crippen molar-refractivity contribution < 1.29 is 0 Å². The molecule has 3 rings (SSSR count). The van der Waals surface area contributed by atoms with Crippen LogP contribution in [0.15, 0.2) is 36.5 Å². The van der Waals surface area contributed by atoms with Crippen LogP contribution in [0.5, 0.6) is 0 Å². The lowest BCUT2D eigenvalue weighted by Crippen LogP contribution is -1.95. The van der Waals surface area contributed by atoms with E-state index in [1.165, 1.54) is 5.39 Å². The van der Waals surface area contributed by atoms with Crippen LogP contribution in [-0.2, 0) is 0 Å². The molecule has 3 N–H and O–H groups in total. The first-order valence-corrected chi connectivity index (χ1v) is 5.13. The van der Waals surface area contributed by atoms with E-state index in [2.05, 4.69) is 28.3 Å². The molecule has 2 aromatic heterocycles. The second kappa shape index (κ2) is 3.13. The molecule has 4 nitrogen and oxygen atoms in total. The summed E-state index contributed by atoms with van der Waals surface area (Å²) in [6.45, 7) is 2.05. The van der Waals surface area contributed by atoms with Gasteiger partial charge < -0.3 is 10.7 Å². The number of fused-ring (bicyclic) bond motifs is 1. The van der Waals surface area contributed by atoms with Crippen LogP contribution in [0.2, 0.25) is 0 Å². The summed E-state index contributed by atoms with van der Waals surface area (Å²) < 4.78 is 1.77. The highest BCUT2D eigenvalue weighted by Crippen LogP contribution is 2.19. The van der Waals surface area contributed by atoms with Gasteiger partial charge in [0.1, 0.15) is 5.82 Å². The predicted octanol–water partition coefficient (Wildman–Crippen LogP) is 2.24. The summed E-state index contributed by atoms with van der Waals surface area (Å²) in [5.41, 5.74) is 8.91. The van der Waals surface area contributed by atoms with Gasteiger partial charge in [-0.25, -0.2) is 4.68 Å². The molecule has 0 saturated carbocycles. The van der Waals surface area contributed by atoms with E-state index in [0.29, 0.717) is 5.82 Å². The van der Waals surface area contributed by atoms with E-state index in [1.54, 1.807) is 10.7 Å². The van der Waals surface area contributed by atoms with Gasteiger partial charge in [-0.15, -0.1) is 0 Å². The maximum absolute atomic E-state index is 5.59. The second-order valence-electron chi connectivity index (χ2n) is 3.91. The Kier molecular flexibility index (Phi) is 1.77. The molecule has 16 heavy (non-hydrogen) atoms. The summed E-state index contributed by atoms with van der Waals surface area (Å²) in [6, 6.07) is 10.1. The van der Waals surface area contributed by atoms with E-state index in [0.717, 1.165) is 16.9 Å². The number of nitrogens with one attached hydrogen (secondary N) is 1. The first-order valence-electron chi connectivity index (χ1n) is 5.13. The maximum Gasteiger partial charge on any atom is 0.145 e. The van der Waals surface area contributed by atoms with Crippen LogP contribution in [-0.4, -0.2) is 14.8 Å². The number of aromatic amines is 1. The number of H-pyrrole nitrogens is 1. The summed E-state index contributed by atoms with van der Waals surface area (Å²) in [5.74, 6) is 0.533. The second-order valence-corrected chi connectivity index (χ2v) is 3.91. The molecule has 0 radical (unpaired) electrons. The molecule has 0 aliphatic rings. The van der Waals surface area contributed by atoms with E-state index in [4.69, 9.17) is 5.73 Å². The van der Waals surface area contributed by atoms with Gasteiger partial charge in [-0.05, 0) is 31.2 Å². The third-order valence-electron chi connectivity index (χ3n) is 2.61. The average molecular weight is 212 g/mol. The largest absolute Gasteiger partial charge is 0.382 e. The van der Waals surface area contributed by atoms with Gasteiger partial charge in [-0.2, -0.15) is 5.10 Å². The van der Waals surface area contributed by atoms with E-state index in [-0.39, 0.29) is 0 Å². The summed E-state index contributed by atoms with van der Waals surface area (Å²) in [4.78, 5) is 3.29. The van der Waals surface area contributed by atoms with Crippen molar-refractivity contribution in [1.29, 1.82) is 0 Å². The highest BCUT2D eigenvalue weighted by Gasteiger charge is 2.02. The predicted molar refractivity (Wildman–Crippen MR) is 64.6 cm³/mol. The molecule has 3 aromatic rings. The fourth-order valence-corrected chi connectivity index (χ4v) is 1.89. The Morgan fingerprint density at radius 1 is 1.25 bits per heavy atom. The molecule has 0 unspecified atom stereocenters. The van der Waals surface area contributed by atoms with Crippen LogP contribution >= 0.6 is 0 Å².